The number of carbonyl (C=O) groups excluding carboxylic acids is 2. The molecule has 27 heavy (non-hydrogen) atoms. The van der Waals surface area contributed by atoms with Gasteiger partial charge in [-0.05, 0) is 30.2 Å². The number of hydrogen-bond acceptors (Lipinski definition) is 5. The lowest BCUT2D eigenvalue weighted by molar-refractivity contribution is 0.0514. The third-order valence-corrected chi connectivity index (χ3v) is 3.93. The Kier molecular flexibility index (Phi) is 5.99. The molecule has 1 N–H and O–H groups in total. The van der Waals surface area contributed by atoms with Gasteiger partial charge < -0.3 is 14.6 Å². The normalized spacial score (nSPS) is 10.4. The Labute approximate surface area is 157 Å². The number of benzene rings is 2. The highest BCUT2D eigenvalue weighted by atomic mass is 16.5. The van der Waals surface area contributed by atoms with E-state index in [0.29, 0.717) is 24.3 Å². The van der Waals surface area contributed by atoms with Crippen molar-refractivity contribution in [2.75, 3.05) is 13.2 Å². The standard InChI is InChI=1S/C21H20N2O4/c1-2-26-21(25)19-14-18(27-23-19)11-12-22-20(24)17-10-6-9-16(13-17)15-7-4-3-5-8-15/h3-10,13-14H,2,11-12H2,1H3,(H,22,24). The minimum atomic E-state index is -0.519. The van der Waals surface area contributed by atoms with Gasteiger partial charge in [-0.2, -0.15) is 0 Å². The van der Waals surface area contributed by atoms with E-state index in [1.54, 1.807) is 13.0 Å². The second kappa shape index (κ2) is 8.80. The summed E-state index contributed by atoms with van der Waals surface area (Å²) in [7, 11) is 0. The summed E-state index contributed by atoms with van der Waals surface area (Å²) >= 11 is 0. The van der Waals surface area contributed by atoms with Crippen LogP contribution in [0.3, 0.4) is 0 Å². The molecule has 3 rings (SSSR count). The Morgan fingerprint density at radius 2 is 1.81 bits per heavy atom. The molecular weight excluding hydrogens is 344 g/mol. The lowest BCUT2D eigenvalue weighted by Crippen LogP contribution is -2.25. The van der Waals surface area contributed by atoms with Gasteiger partial charge in [0.1, 0.15) is 5.76 Å². The molecule has 1 aromatic heterocycles. The van der Waals surface area contributed by atoms with Gasteiger partial charge >= 0.3 is 5.97 Å². The van der Waals surface area contributed by atoms with Gasteiger partial charge in [0.2, 0.25) is 0 Å². The van der Waals surface area contributed by atoms with Crippen LogP contribution in [0.5, 0.6) is 0 Å². The van der Waals surface area contributed by atoms with Crippen molar-refractivity contribution in [2.45, 2.75) is 13.3 Å². The first-order valence-corrected chi connectivity index (χ1v) is 8.73. The molecule has 0 atom stereocenters. The third kappa shape index (κ3) is 4.82. The summed E-state index contributed by atoms with van der Waals surface area (Å²) < 4.78 is 9.95. The van der Waals surface area contributed by atoms with Gasteiger partial charge in [0.25, 0.3) is 5.91 Å². The van der Waals surface area contributed by atoms with Crippen LogP contribution >= 0.6 is 0 Å². The minimum Gasteiger partial charge on any atom is -0.461 e. The number of aromatic nitrogens is 1. The van der Waals surface area contributed by atoms with E-state index in [-0.39, 0.29) is 18.2 Å². The van der Waals surface area contributed by atoms with Gasteiger partial charge in [0.05, 0.1) is 6.61 Å². The van der Waals surface area contributed by atoms with E-state index < -0.39 is 5.97 Å². The second-order valence-corrected chi connectivity index (χ2v) is 5.85. The number of esters is 1. The number of amides is 1. The minimum absolute atomic E-state index is 0.133. The van der Waals surface area contributed by atoms with E-state index in [0.717, 1.165) is 11.1 Å². The Bertz CT molecular complexity index is 919. The quantitative estimate of drug-likeness (QED) is 0.649. The molecule has 138 valence electrons. The number of hydrogen-bond donors (Lipinski definition) is 1. The molecule has 0 aliphatic heterocycles. The van der Waals surface area contributed by atoms with E-state index in [9.17, 15) is 9.59 Å². The fraction of sp³-hybridized carbons (Fsp3) is 0.190. The van der Waals surface area contributed by atoms with Gasteiger partial charge in [0, 0.05) is 24.6 Å². The molecule has 3 aromatic rings. The number of nitrogens with one attached hydrogen (secondary N) is 1. The van der Waals surface area contributed by atoms with Crippen molar-refractivity contribution in [3.63, 3.8) is 0 Å². The van der Waals surface area contributed by atoms with E-state index in [2.05, 4.69) is 10.5 Å². The zero-order chi connectivity index (χ0) is 19.1. The Morgan fingerprint density at radius 1 is 1.04 bits per heavy atom. The summed E-state index contributed by atoms with van der Waals surface area (Å²) in [5.41, 5.74) is 2.76. The maximum Gasteiger partial charge on any atom is 0.360 e. The summed E-state index contributed by atoms with van der Waals surface area (Å²) in [6.07, 6.45) is 0.427. The van der Waals surface area contributed by atoms with Crippen molar-refractivity contribution < 1.29 is 18.8 Å². The van der Waals surface area contributed by atoms with Gasteiger partial charge in [-0.3, -0.25) is 4.79 Å². The van der Waals surface area contributed by atoms with E-state index >= 15 is 0 Å². The molecule has 6 heteroatoms. The number of carbonyl (C=O) groups is 2. The first-order chi connectivity index (χ1) is 13.2. The number of nitrogens with zero attached hydrogens (tertiary/aromatic N) is 1. The Balaban J connectivity index is 1.56. The van der Waals surface area contributed by atoms with Crippen LogP contribution in [-0.4, -0.2) is 30.2 Å². The molecule has 0 fully saturated rings. The van der Waals surface area contributed by atoms with Crippen LogP contribution in [0, 0.1) is 0 Å². The molecule has 2 aromatic carbocycles. The van der Waals surface area contributed by atoms with Crippen LogP contribution in [0.2, 0.25) is 0 Å². The molecular formula is C21H20N2O4. The lowest BCUT2D eigenvalue weighted by Gasteiger charge is -2.06. The zero-order valence-electron chi connectivity index (χ0n) is 15.0. The third-order valence-electron chi connectivity index (χ3n) is 3.93. The van der Waals surface area contributed by atoms with E-state index in [4.69, 9.17) is 9.26 Å². The molecule has 0 saturated carbocycles. The summed E-state index contributed by atoms with van der Waals surface area (Å²) in [4.78, 5) is 23.9. The smallest absolute Gasteiger partial charge is 0.360 e. The molecule has 0 spiro atoms. The molecule has 1 amide bonds. The SMILES string of the molecule is CCOC(=O)c1cc(CCNC(=O)c2cccc(-c3ccccc3)c2)on1. The van der Waals surface area contributed by atoms with Crippen LogP contribution in [-0.2, 0) is 11.2 Å². The predicted molar refractivity (Wildman–Crippen MR) is 100 cm³/mol. The number of rotatable bonds is 7. The summed E-state index contributed by atoms with van der Waals surface area (Å²) in [6, 6.07) is 18.9. The van der Waals surface area contributed by atoms with Gasteiger partial charge in [0.15, 0.2) is 5.69 Å². The van der Waals surface area contributed by atoms with Gasteiger partial charge in [-0.1, -0.05) is 47.6 Å². The van der Waals surface area contributed by atoms with Crippen LogP contribution in [0.25, 0.3) is 11.1 Å². The van der Waals surface area contributed by atoms with Crippen molar-refractivity contribution in [1.82, 2.24) is 10.5 Å². The average Bonchev–Trinajstić information content (AvgIpc) is 3.18. The molecule has 0 aliphatic carbocycles. The summed E-state index contributed by atoms with van der Waals surface area (Å²) in [5, 5.41) is 6.52. The fourth-order valence-electron chi connectivity index (χ4n) is 2.60. The van der Waals surface area contributed by atoms with E-state index in [1.807, 2.05) is 48.5 Å². The maximum atomic E-state index is 12.4. The Morgan fingerprint density at radius 3 is 2.59 bits per heavy atom. The van der Waals surface area contributed by atoms with Gasteiger partial charge in [-0.15, -0.1) is 0 Å². The van der Waals surface area contributed by atoms with Crippen LogP contribution in [0.15, 0.2) is 65.2 Å². The monoisotopic (exact) mass is 364 g/mol. The van der Waals surface area contributed by atoms with Gasteiger partial charge in [-0.25, -0.2) is 4.79 Å². The van der Waals surface area contributed by atoms with Crippen molar-refractivity contribution in [3.05, 3.63) is 77.7 Å². The lowest BCUT2D eigenvalue weighted by atomic mass is 10.0. The second-order valence-electron chi connectivity index (χ2n) is 5.85. The molecule has 0 unspecified atom stereocenters. The average molecular weight is 364 g/mol. The summed E-state index contributed by atoms with van der Waals surface area (Å²) in [6.45, 7) is 2.37. The topological polar surface area (TPSA) is 81.4 Å². The van der Waals surface area contributed by atoms with Crippen molar-refractivity contribution in [3.8, 4) is 11.1 Å². The van der Waals surface area contributed by atoms with Crippen LogP contribution in [0.4, 0.5) is 0 Å². The van der Waals surface area contributed by atoms with Crippen LogP contribution < -0.4 is 5.32 Å². The fourth-order valence-corrected chi connectivity index (χ4v) is 2.60. The maximum absolute atomic E-state index is 12.4. The van der Waals surface area contributed by atoms with Crippen molar-refractivity contribution >= 4 is 11.9 Å². The van der Waals surface area contributed by atoms with Crippen molar-refractivity contribution in [1.29, 1.82) is 0 Å². The highest BCUT2D eigenvalue weighted by Crippen LogP contribution is 2.19. The van der Waals surface area contributed by atoms with Crippen molar-refractivity contribution in [2.24, 2.45) is 0 Å². The summed E-state index contributed by atoms with van der Waals surface area (Å²) in [5.74, 6) is -0.177. The molecule has 0 bridgehead atoms. The zero-order valence-corrected chi connectivity index (χ0v) is 15.0. The molecule has 0 saturated heterocycles. The molecule has 6 nitrogen and oxygen atoms in total. The first-order valence-electron chi connectivity index (χ1n) is 8.73. The highest BCUT2D eigenvalue weighted by molar-refractivity contribution is 5.95. The Hall–Kier alpha value is -3.41. The largest absolute Gasteiger partial charge is 0.461 e. The molecule has 1 heterocycles. The molecule has 0 aliphatic rings. The number of ether oxygens (including phenoxy) is 1. The van der Waals surface area contributed by atoms with Crippen LogP contribution in [0.1, 0.15) is 33.5 Å². The predicted octanol–water partition coefficient (Wildman–Crippen LogP) is 3.49. The molecule has 0 radical (unpaired) electrons. The highest BCUT2D eigenvalue weighted by Gasteiger charge is 2.13. The first kappa shape index (κ1) is 18.4. The van der Waals surface area contributed by atoms with E-state index in [1.165, 1.54) is 6.07 Å².